The largest absolute Gasteiger partial charge is 0.334 e. The molecule has 1 heterocycles. The van der Waals surface area contributed by atoms with Crippen molar-refractivity contribution in [3.63, 3.8) is 0 Å². The zero-order valence-electron chi connectivity index (χ0n) is 15.4. The molecule has 0 saturated carbocycles. The molecule has 0 radical (unpaired) electrons. The molecule has 144 valence electrons. The summed E-state index contributed by atoms with van der Waals surface area (Å²) in [5.74, 6) is -2.84. The summed E-state index contributed by atoms with van der Waals surface area (Å²) in [6.45, 7) is 3.22. The van der Waals surface area contributed by atoms with Gasteiger partial charge in [-0.2, -0.15) is 0 Å². The predicted octanol–water partition coefficient (Wildman–Crippen LogP) is 4.31. The summed E-state index contributed by atoms with van der Waals surface area (Å²) in [6, 6.07) is 7.81. The molecule has 1 aliphatic rings. The van der Waals surface area contributed by atoms with Crippen molar-refractivity contribution < 1.29 is 22.8 Å². The number of hydrogen-bond acceptors (Lipinski definition) is 2. The molecule has 0 spiro atoms. The molecule has 0 unspecified atom stereocenters. The van der Waals surface area contributed by atoms with Gasteiger partial charge in [-0.15, -0.1) is 0 Å². The summed E-state index contributed by atoms with van der Waals surface area (Å²) in [5.41, 5.74) is 2.06. The van der Waals surface area contributed by atoms with Crippen LogP contribution in [0.5, 0.6) is 0 Å². The molecule has 6 heteroatoms. The lowest BCUT2D eigenvalue weighted by molar-refractivity contribution is -0.129. The summed E-state index contributed by atoms with van der Waals surface area (Å²) in [7, 11) is 0. The number of carbonyl (C=O) groups excluding carboxylic acids is 2. The van der Waals surface area contributed by atoms with E-state index in [4.69, 9.17) is 0 Å². The van der Waals surface area contributed by atoms with Crippen molar-refractivity contribution in [2.75, 3.05) is 13.1 Å². The zero-order chi connectivity index (χ0) is 20.4. The normalized spacial score (nSPS) is 17.5. The van der Waals surface area contributed by atoms with Crippen LogP contribution in [-0.2, 0) is 9.59 Å². The average molecular weight is 385 g/mol. The number of amides is 1. The third-order valence-electron chi connectivity index (χ3n) is 4.56. The Labute approximate surface area is 160 Å². The zero-order valence-corrected chi connectivity index (χ0v) is 15.4. The van der Waals surface area contributed by atoms with Gasteiger partial charge < -0.3 is 4.90 Å². The molecule has 0 N–H and O–H groups in total. The number of aryl methyl sites for hydroxylation is 1. The molecule has 1 aliphatic heterocycles. The third-order valence-corrected chi connectivity index (χ3v) is 4.56. The highest BCUT2D eigenvalue weighted by Crippen LogP contribution is 2.23. The van der Waals surface area contributed by atoms with E-state index in [1.165, 1.54) is 30.0 Å². The number of halogens is 3. The van der Waals surface area contributed by atoms with Crippen LogP contribution in [-0.4, -0.2) is 29.7 Å². The van der Waals surface area contributed by atoms with Crippen molar-refractivity contribution in [3.8, 4) is 0 Å². The van der Waals surface area contributed by atoms with Gasteiger partial charge in [-0.3, -0.25) is 9.59 Å². The third kappa shape index (κ3) is 4.22. The Kier molecular flexibility index (Phi) is 5.49. The Balaban J connectivity index is 2.01. The Morgan fingerprint density at radius 1 is 0.893 bits per heavy atom. The molecule has 1 amide bonds. The number of likely N-dealkylation sites (tertiary alicyclic amines) is 1. The highest BCUT2D eigenvalue weighted by Gasteiger charge is 2.27. The minimum atomic E-state index is -1.02. The van der Waals surface area contributed by atoms with Crippen LogP contribution in [0.25, 0.3) is 12.2 Å². The first-order valence-electron chi connectivity index (χ1n) is 8.67. The second kappa shape index (κ2) is 7.84. The fourth-order valence-corrected chi connectivity index (χ4v) is 3.02. The molecule has 1 saturated heterocycles. The van der Waals surface area contributed by atoms with E-state index in [2.05, 4.69) is 0 Å². The first kappa shape index (κ1) is 19.6. The van der Waals surface area contributed by atoms with Gasteiger partial charge in [-0.1, -0.05) is 12.1 Å². The number of nitrogens with zero attached hydrogens (tertiary/aromatic N) is 1. The lowest BCUT2D eigenvalue weighted by atomic mass is 9.94. The van der Waals surface area contributed by atoms with Crippen LogP contribution < -0.4 is 0 Å². The molecule has 2 aromatic rings. The van der Waals surface area contributed by atoms with Gasteiger partial charge in [0.15, 0.2) is 17.4 Å². The number of rotatable bonds is 2. The molecular formula is C22H18F3NO2. The van der Waals surface area contributed by atoms with E-state index >= 15 is 0 Å². The smallest absolute Gasteiger partial charge is 0.220 e. The van der Waals surface area contributed by atoms with E-state index < -0.39 is 11.6 Å². The molecule has 0 atom stereocenters. The molecule has 3 rings (SSSR count). The van der Waals surface area contributed by atoms with Gasteiger partial charge in [0.2, 0.25) is 5.91 Å². The number of piperidine rings is 1. The molecule has 0 aliphatic carbocycles. The monoisotopic (exact) mass is 385 g/mol. The summed E-state index contributed by atoms with van der Waals surface area (Å²) in [4.78, 5) is 26.3. The Bertz CT molecular complexity index is 951. The molecule has 1 fully saturated rings. The van der Waals surface area contributed by atoms with Crippen molar-refractivity contribution in [2.45, 2.75) is 13.8 Å². The Morgan fingerprint density at radius 2 is 1.43 bits per heavy atom. The average Bonchev–Trinajstić information content (AvgIpc) is 2.64. The minimum Gasteiger partial charge on any atom is -0.334 e. The summed E-state index contributed by atoms with van der Waals surface area (Å²) >= 11 is 0. The van der Waals surface area contributed by atoms with Gasteiger partial charge in [0.25, 0.3) is 0 Å². The van der Waals surface area contributed by atoms with E-state index in [-0.39, 0.29) is 36.2 Å². The van der Waals surface area contributed by atoms with Crippen molar-refractivity contribution >= 4 is 23.8 Å². The maximum absolute atomic E-state index is 13.5. The second-order valence-electron chi connectivity index (χ2n) is 6.73. The van der Waals surface area contributed by atoms with Crippen molar-refractivity contribution in [1.29, 1.82) is 0 Å². The molecule has 0 bridgehead atoms. The minimum absolute atomic E-state index is 0.0763. The first-order valence-corrected chi connectivity index (χ1v) is 8.67. The van der Waals surface area contributed by atoms with Crippen LogP contribution in [0, 0.1) is 24.4 Å². The van der Waals surface area contributed by atoms with Gasteiger partial charge in [0, 0.05) is 31.2 Å². The standard InChI is InChI=1S/C22H18F3NO2/c1-13-7-15(3-5-19(13)23)8-17-11-26(14(2)27)12-18(22(17)28)9-16-4-6-20(24)21(25)10-16/h3-10H,11-12H2,1-2H3/b17-8+,18-9+. The van der Waals surface area contributed by atoms with Gasteiger partial charge in [-0.25, -0.2) is 13.2 Å². The number of Topliss-reactive ketones (excluding diaryl/α,β-unsaturated/α-hetero) is 1. The fraction of sp³-hybridized carbons (Fsp3) is 0.182. The number of carbonyl (C=O) groups is 2. The Morgan fingerprint density at radius 3 is 1.93 bits per heavy atom. The van der Waals surface area contributed by atoms with E-state index in [0.29, 0.717) is 22.3 Å². The van der Waals surface area contributed by atoms with Crippen LogP contribution in [0.15, 0.2) is 47.5 Å². The van der Waals surface area contributed by atoms with Crippen LogP contribution in [0.3, 0.4) is 0 Å². The Hall–Kier alpha value is -3.15. The first-order chi connectivity index (χ1) is 13.2. The summed E-state index contributed by atoms with van der Waals surface area (Å²) < 4.78 is 40.1. The lowest BCUT2D eigenvalue weighted by Gasteiger charge is -2.29. The molecule has 3 nitrogen and oxygen atoms in total. The van der Waals surface area contributed by atoms with E-state index in [1.807, 2.05) is 0 Å². The molecule has 28 heavy (non-hydrogen) atoms. The van der Waals surface area contributed by atoms with Gasteiger partial charge in [0.1, 0.15) is 5.82 Å². The van der Waals surface area contributed by atoms with Crippen molar-refractivity contribution in [3.05, 3.63) is 81.7 Å². The highest BCUT2D eigenvalue weighted by atomic mass is 19.2. The van der Waals surface area contributed by atoms with Gasteiger partial charge in [-0.05, 0) is 60.0 Å². The number of hydrogen-bond donors (Lipinski definition) is 0. The van der Waals surface area contributed by atoms with Crippen LogP contribution >= 0.6 is 0 Å². The van der Waals surface area contributed by atoms with E-state index in [1.54, 1.807) is 25.1 Å². The maximum Gasteiger partial charge on any atom is 0.220 e. The van der Waals surface area contributed by atoms with Crippen molar-refractivity contribution in [1.82, 2.24) is 4.90 Å². The summed E-state index contributed by atoms with van der Waals surface area (Å²) in [6.07, 6.45) is 3.06. The van der Waals surface area contributed by atoms with Gasteiger partial charge in [0.05, 0.1) is 0 Å². The SMILES string of the molecule is CC(=O)N1C/C(=C\c2ccc(F)c(C)c2)C(=O)/C(=C/c2ccc(F)c(F)c2)C1. The van der Waals surface area contributed by atoms with Crippen LogP contribution in [0.4, 0.5) is 13.2 Å². The fourth-order valence-electron chi connectivity index (χ4n) is 3.02. The maximum atomic E-state index is 13.5. The predicted molar refractivity (Wildman–Crippen MR) is 101 cm³/mol. The highest BCUT2D eigenvalue weighted by molar-refractivity contribution is 6.15. The van der Waals surface area contributed by atoms with E-state index in [0.717, 1.165) is 12.1 Å². The quantitative estimate of drug-likeness (QED) is 0.723. The topological polar surface area (TPSA) is 37.4 Å². The number of benzene rings is 2. The second-order valence-corrected chi connectivity index (χ2v) is 6.73. The van der Waals surface area contributed by atoms with Crippen LogP contribution in [0.2, 0.25) is 0 Å². The molecular weight excluding hydrogens is 367 g/mol. The van der Waals surface area contributed by atoms with Gasteiger partial charge >= 0.3 is 0 Å². The number of ketones is 1. The molecule has 0 aromatic heterocycles. The van der Waals surface area contributed by atoms with E-state index in [9.17, 15) is 22.8 Å². The van der Waals surface area contributed by atoms with Crippen LogP contribution in [0.1, 0.15) is 23.6 Å². The molecule has 2 aromatic carbocycles. The van der Waals surface area contributed by atoms with Crippen molar-refractivity contribution in [2.24, 2.45) is 0 Å². The lowest BCUT2D eigenvalue weighted by Crippen LogP contribution is -2.40. The summed E-state index contributed by atoms with van der Waals surface area (Å²) in [5, 5.41) is 0.